The molecule has 1 N–H and O–H groups in total. The van der Waals surface area contributed by atoms with E-state index in [1.807, 2.05) is 6.07 Å². The third-order valence-electron chi connectivity index (χ3n) is 5.92. The van der Waals surface area contributed by atoms with Crippen molar-refractivity contribution >= 4 is 23.5 Å². The fraction of sp³-hybridized carbons (Fsp3) is 0.550. The molecule has 0 aromatic heterocycles. The maximum atomic E-state index is 13.2. The van der Waals surface area contributed by atoms with E-state index >= 15 is 0 Å². The van der Waals surface area contributed by atoms with Gasteiger partial charge >= 0.3 is 0 Å². The summed E-state index contributed by atoms with van der Waals surface area (Å²) in [5.74, 6) is 1.10. The Morgan fingerprint density at radius 3 is 2.85 bits per heavy atom. The number of nitriles is 1. The lowest BCUT2D eigenvalue weighted by Crippen LogP contribution is -2.50. The van der Waals surface area contributed by atoms with Gasteiger partial charge in [-0.1, -0.05) is 24.3 Å². The normalized spacial score (nSPS) is 30.7. The summed E-state index contributed by atoms with van der Waals surface area (Å²) in [5.41, 5.74) is 2.62. The van der Waals surface area contributed by atoms with Crippen LogP contribution in [0.3, 0.4) is 0 Å². The first-order chi connectivity index (χ1) is 12.7. The molecule has 0 radical (unpaired) electrons. The smallest absolute Gasteiger partial charge is 0.242 e. The Kier molecular flexibility index (Phi) is 5.01. The number of rotatable bonds is 3. The van der Waals surface area contributed by atoms with Gasteiger partial charge in [0, 0.05) is 17.6 Å². The molecule has 4 atom stereocenters. The van der Waals surface area contributed by atoms with Gasteiger partial charge in [0.25, 0.3) is 0 Å². The molecule has 6 heteroatoms. The Labute approximate surface area is 158 Å². The van der Waals surface area contributed by atoms with Gasteiger partial charge in [-0.2, -0.15) is 5.26 Å². The number of carbonyl (C=O) groups is 2. The highest BCUT2D eigenvalue weighted by Gasteiger charge is 2.44. The maximum Gasteiger partial charge on any atom is 0.242 e. The first-order valence-electron chi connectivity index (χ1n) is 9.30. The summed E-state index contributed by atoms with van der Waals surface area (Å²) in [6, 6.07) is 9.72. The average Bonchev–Trinajstić information content (AvgIpc) is 3.35. The summed E-state index contributed by atoms with van der Waals surface area (Å²) in [4.78, 5) is 27.8. The third kappa shape index (κ3) is 3.15. The van der Waals surface area contributed by atoms with Crippen molar-refractivity contribution in [2.75, 3.05) is 18.2 Å². The number of ketones is 1. The lowest BCUT2D eigenvalue weighted by Gasteiger charge is -2.29. The predicted molar refractivity (Wildman–Crippen MR) is 100 cm³/mol. The van der Waals surface area contributed by atoms with Crippen LogP contribution in [0.4, 0.5) is 0 Å². The van der Waals surface area contributed by atoms with Gasteiger partial charge in [-0.25, -0.2) is 0 Å². The zero-order valence-corrected chi connectivity index (χ0v) is 15.5. The minimum atomic E-state index is -0.464. The molecule has 2 aliphatic heterocycles. The van der Waals surface area contributed by atoms with Crippen LogP contribution >= 0.6 is 11.8 Å². The van der Waals surface area contributed by atoms with Gasteiger partial charge in [0.1, 0.15) is 11.8 Å². The molecule has 0 saturated carbocycles. The summed E-state index contributed by atoms with van der Waals surface area (Å²) < 4.78 is 0. The molecule has 1 amide bonds. The molecule has 26 heavy (non-hydrogen) atoms. The Morgan fingerprint density at radius 1 is 1.23 bits per heavy atom. The highest BCUT2D eigenvalue weighted by molar-refractivity contribution is 7.99. The minimum absolute atomic E-state index is 0.00446. The number of Topliss-reactive ketones (excluding diaryl/α,β-unsaturated/α-hetero) is 1. The number of fused-ring (bicyclic) bond motifs is 1. The molecule has 3 aliphatic rings. The lowest BCUT2D eigenvalue weighted by atomic mass is 9.77. The molecular formula is C20H23N3O2S. The Bertz CT molecular complexity index is 760. The second-order valence-corrected chi connectivity index (χ2v) is 8.39. The number of nitrogens with zero attached hydrogens (tertiary/aromatic N) is 2. The van der Waals surface area contributed by atoms with Crippen molar-refractivity contribution in [3.05, 3.63) is 35.4 Å². The largest absolute Gasteiger partial charge is 0.315 e. The number of hydrogen-bond acceptors (Lipinski definition) is 5. The molecule has 1 unspecified atom stereocenters. The summed E-state index contributed by atoms with van der Waals surface area (Å²) in [6.45, 7) is 0.689. The van der Waals surface area contributed by atoms with E-state index in [0.29, 0.717) is 24.6 Å². The lowest BCUT2D eigenvalue weighted by molar-refractivity contribution is -0.138. The number of aryl methyl sites for hydroxylation is 1. The van der Waals surface area contributed by atoms with Crippen LogP contribution in [0.2, 0.25) is 0 Å². The molecule has 1 aliphatic carbocycles. The summed E-state index contributed by atoms with van der Waals surface area (Å²) >= 11 is 1.60. The van der Waals surface area contributed by atoms with E-state index in [-0.39, 0.29) is 29.6 Å². The van der Waals surface area contributed by atoms with Crippen LogP contribution in [0.1, 0.15) is 24.0 Å². The number of nitrogens with one attached hydrogen (secondary N) is 1. The molecule has 4 rings (SSSR count). The highest BCUT2D eigenvalue weighted by atomic mass is 32.2. The van der Waals surface area contributed by atoms with E-state index in [2.05, 4.69) is 29.6 Å². The van der Waals surface area contributed by atoms with Gasteiger partial charge < -0.3 is 10.2 Å². The van der Waals surface area contributed by atoms with Crippen molar-refractivity contribution in [3.63, 3.8) is 0 Å². The summed E-state index contributed by atoms with van der Waals surface area (Å²) in [7, 11) is 0. The van der Waals surface area contributed by atoms with Crippen molar-refractivity contribution in [1.29, 1.82) is 5.26 Å². The first-order valence-corrected chi connectivity index (χ1v) is 10.5. The topological polar surface area (TPSA) is 73.2 Å². The highest BCUT2D eigenvalue weighted by Crippen LogP contribution is 2.32. The van der Waals surface area contributed by atoms with Gasteiger partial charge in [-0.15, -0.1) is 11.8 Å². The van der Waals surface area contributed by atoms with Crippen molar-refractivity contribution in [3.8, 4) is 6.07 Å². The Hall–Kier alpha value is -1.84. The molecule has 0 spiro atoms. The van der Waals surface area contributed by atoms with E-state index in [9.17, 15) is 14.9 Å². The van der Waals surface area contributed by atoms with Gasteiger partial charge in [-0.3, -0.25) is 9.59 Å². The van der Waals surface area contributed by atoms with Gasteiger partial charge in [-0.05, 0) is 43.4 Å². The first kappa shape index (κ1) is 17.6. The SMILES string of the molecule is N#C[C@@H]1CSCN1C(=O)[C@@H]1NCCC1C(=O)[C@@H]1CCc2ccccc2C1. The molecule has 1 aromatic rings. The molecule has 0 bridgehead atoms. The monoisotopic (exact) mass is 369 g/mol. The molecule has 136 valence electrons. The number of amides is 1. The maximum absolute atomic E-state index is 13.2. The quantitative estimate of drug-likeness (QED) is 0.879. The number of carbonyl (C=O) groups excluding carboxylic acids is 2. The molecule has 2 heterocycles. The fourth-order valence-electron chi connectivity index (χ4n) is 4.46. The standard InChI is InChI=1S/C20H23N3O2S/c21-10-16-11-26-12-23(16)20(25)18-17(7-8-22-18)19(24)15-6-5-13-3-1-2-4-14(13)9-15/h1-4,15-18,22H,5-9,11-12H2/t15-,16-,17?,18-/m1/s1. The van der Waals surface area contributed by atoms with Crippen molar-refractivity contribution < 1.29 is 9.59 Å². The second kappa shape index (κ2) is 7.42. The number of benzene rings is 1. The average molecular weight is 369 g/mol. The van der Waals surface area contributed by atoms with Crippen LogP contribution in [0.25, 0.3) is 0 Å². The molecule has 2 fully saturated rings. The van der Waals surface area contributed by atoms with E-state index < -0.39 is 6.04 Å². The number of hydrogen-bond donors (Lipinski definition) is 1. The summed E-state index contributed by atoms with van der Waals surface area (Å²) in [5, 5.41) is 12.5. The fourth-order valence-corrected chi connectivity index (χ4v) is 5.55. The zero-order valence-electron chi connectivity index (χ0n) is 14.7. The summed E-state index contributed by atoms with van der Waals surface area (Å²) in [6.07, 6.45) is 3.30. The Morgan fingerprint density at radius 2 is 2.04 bits per heavy atom. The van der Waals surface area contributed by atoms with E-state index in [1.165, 1.54) is 11.1 Å². The van der Waals surface area contributed by atoms with Crippen LogP contribution in [0, 0.1) is 23.2 Å². The Balaban J connectivity index is 1.47. The number of thioether (sulfide) groups is 1. The van der Waals surface area contributed by atoms with Crippen LogP contribution in [0.15, 0.2) is 24.3 Å². The van der Waals surface area contributed by atoms with Gasteiger partial charge in [0.05, 0.1) is 18.0 Å². The molecular weight excluding hydrogens is 346 g/mol. The zero-order chi connectivity index (χ0) is 18.1. The van der Waals surface area contributed by atoms with Crippen molar-refractivity contribution in [2.24, 2.45) is 11.8 Å². The van der Waals surface area contributed by atoms with Crippen LogP contribution in [0.5, 0.6) is 0 Å². The van der Waals surface area contributed by atoms with E-state index in [1.54, 1.807) is 16.7 Å². The van der Waals surface area contributed by atoms with Crippen LogP contribution < -0.4 is 5.32 Å². The predicted octanol–water partition coefficient (Wildman–Crippen LogP) is 1.76. The van der Waals surface area contributed by atoms with Crippen molar-refractivity contribution in [1.82, 2.24) is 10.2 Å². The van der Waals surface area contributed by atoms with Crippen LogP contribution in [-0.2, 0) is 22.4 Å². The second-order valence-electron chi connectivity index (χ2n) is 7.39. The van der Waals surface area contributed by atoms with Gasteiger partial charge in [0.2, 0.25) is 5.91 Å². The van der Waals surface area contributed by atoms with Crippen molar-refractivity contribution in [2.45, 2.75) is 37.8 Å². The van der Waals surface area contributed by atoms with E-state index in [4.69, 9.17) is 0 Å². The van der Waals surface area contributed by atoms with E-state index in [0.717, 1.165) is 19.3 Å². The third-order valence-corrected chi connectivity index (χ3v) is 6.93. The van der Waals surface area contributed by atoms with Gasteiger partial charge in [0.15, 0.2) is 0 Å². The minimum Gasteiger partial charge on any atom is -0.315 e. The van der Waals surface area contributed by atoms with Crippen LogP contribution in [-0.4, -0.2) is 46.8 Å². The molecule has 2 saturated heterocycles. The molecule has 5 nitrogen and oxygen atoms in total. The molecule has 1 aromatic carbocycles.